The molecule has 13 heavy (non-hydrogen) atoms. The summed E-state index contributed by atoms with van der Waals surface area (Å²) in [6.45, 7) is 0.466. The Bertz CT molecular complexity index is 354. The van der Waals surface area contributed by atoms with Gasteiger partial charge in [0.25, 0.3) is 0 Å². The van der Waals surface area contributed by atoms with Crippen molar-refractivity contribution in [2.45, 2.75) is 6.42 Å². The van der Waals surface area contributed by atoms with E-state index in [9.17, 15) is 4.39 Å². The van der Waals surface area contributed by atoms with E-state index in [0.717, 1.165) is 0 Å². The maximum Gasteiger partial charge on any atom is 0.176 e. The molecular formula is C9H8ClFN2. The van der Waals surface area contributed by atoms with E-state index in [1.807, 2.05) is 0 Å². The summed E-state index contributed by atoms with van der Waals surface area (Å²) in [5.74, 6) is 4.77. The molecule has 2 nitrogen and oxygen atoms in total. The summed E-state index contributed by atoms with van der Waals surface area (Å²) in [7, 11) is 0. The van der Waals surface area contributed by atoms with Gasteiger partial charge in [-0.25, -0.2) is 9.37 Å². The first-order valence-corrected chi connectivity index (χ1v) is 4.12. The lowest BCUT2D eigenvalue weighted by Crippen LogP contribution is -1.95. The van der Waals surface area contributed by atoms with E-state index in [0.29, 0.717) is 13.0 Å². The lowest BCUT2D eigenvalue weighted by atomic mass is 10.2. The monoisotopic (exact) mass is 198 g/mol. The van der Waals surface area contributed by atoms with Gasteiger partial charge in [0.2, 0.25) is 0 Å². The fourth-order valence-electron chi connectivity index (χ4n) is 0.745. The number of aromatic nitrogens is 1. The molecule has 1 aromatic rings. The molecule has 1 rings (SSSR count). The molecule has 68 valence electrons. The second kappa shape index (κ2) is 4.80. The second-order valence-electron chi connectivity index (χ2n) is 2.30. The Morgan fingerprint density at radius 1 is 1.62 bits per heavy atom. The highest BCUT2D eigenvalue weighted by atomic mass is 35.5. The van der Waals surface area contributed by atoms with Crippen molar-refractivity contribution in [3.05, 3.63) is 28.8 Å². The normalized spacial score (nSPS) is 9.15. The summed E-state index contributed by atoms with van der Waals surface area (Å²) in [5, 5.41) is -0.153. The van der Waals surface area contributed by atoms with Gasteiger partial charge in [0.15, 0.2) is 11.0 Å². The van der Waals surface area contributed by atoms with Gasteiger partial charge in [0.1, 0.15) is 0 Å². The molecule has 0 saturated carbocycles. The number of rotatable bonds is 1. The molecule has 1 aromatic heterocycles. The Balaban J connectivity index is 2.91. The van der Waals surface area contributed by atoms with Crippen LogP contribution < -0.4 is 5.73 Å². The maximum absolute atomic E-state index is 13.1. The van der Waals surface area contributed by atoms with E-state index >= 15 is 0 Å². The van der Waals surface area contributed by atoms with Crippen LogP contribution in [0.5, 0.6) is 0 Å². The third-order valence-corrected chi connectivity index (χ3v) is 1.60. The van der Waals surface area contributed by atoms with E-state index in [1.54, 1.807) is 0 Å². The molecule has 0 unspecified atom stereocenters. The quantitative estimate of drug-likeness (QED) is 0.550. The minimum absolute atomic E-state index is 0.153. The van der Waals surface area contributed by atoms with Crippen molar-refractivity contribution in [1.82, 2.24) is 4.98 Å². The second-order valence-corrected chi connectivity index (χ2v) is 2.66. The molecule has 0 saturated heterocycles. The van der Waals surface area contributed by atoms with Gasteiger partial charge in [-0.3, -0.25) is 0 Å². The van der Waals surface area contributed by atoms with Crippen molar-refractivity contribution >= 4 is 11.6 Å². The highest BCUT2D eigenvalue weighted by molar-refractivity contribution is 6.29. The van der Waals surface area contributed by atoms with Gasteiger partial charge >= 0.3 is 0 Å². The number of halogens is 2. The van der Waals surface area contributed by atoms with Gasteiger partial charge in [0, 0.05) is 19.2 Å². The Morgan fingerprint density at radius 2 is 2.38 bits per heavy atom. The first kappa shape index (κ1) is 9.97. The molecule has 0 aliphatic heterocycles. The molecule has 4 heteroatoms. The number of nitrogens with zero attached hydrogens (tertiary/aromatic N) is 1. The molecular weight excluding hydrogens is 191 g/mol. The lowest BCUT2D eigenvalue weighted by molar-refractivity contribution is 0.618. The molecule has 0 fully saturated rings. The van der Waals surface area contributed by atoms with Crippen molar-refractivity contribution in [2.75, 3.05) is 6.54 Å². The van der Waals surface area contributed by atoms with Crippen LogP contribution in [0.15, 0.2) is 12.3 Å². The van der Waals surface area contributed by atoms with Crippen molar-refractivity contribution in [3.8, 4) is 11.8 Å². The van der Waals surface area contributed by atoms with Crippen LogP contribution in [0.1, 0.15) is 12.0 Å². The smallest absolute Gasteiger partial charge is 0.176 e. The Morgan fingerprint density at radius 3 is 3.08 bits per heavy atom. The maximum atomic E-state index is 13.1. The number of hydrogen-bond acceptors (Lipinski definition) is 2. The molecule has 0 aromatic carbocycles. The number of nitrogens with two attached hydrogens (primary N) is 1. The zero-order chi connectivity index (χ0) is 9.68. The molecule has 0 atom stereocenters. The van der Waals surface area contributed by atoms with E-state index in [-0.39, 0.29) is 10.7 Å². The minimum Gasteiger partial charge on any atom is -0.330 e. The first-order valence-electron chi connectivity index (χ1n) is 3.74. The fraction of sp³-hybridized carbons (Fsp3) is 0.222. The van der Waals surface area contributed by atoms with Crippen LogP contribution in [0.3, 0.4) is 0 Å². The predicted molar refractivity (Wildman–Crippen MR) is 49.8 cm³/mol. The molecule has 0 bridgehead atoms. The molecule has 0 amide bonds. The molecule has 0 radical (unpaired) electrons. The molecule has 0 spiro atoms. The van der Waals surface area contributed by atoms with E-state index in [2.05, 4.69) is 16.8 Å². The van der Waals surface area contributed by atoms with Gasteiger partial charge in [-0.1, -0.05) is 23.4 Å². The standard InChI is InChI=1S/C9H8ClFN2/c10-9-8(11)7(4-6-13-9)3-1-2-5-12/h4,6H,2,5,12H2. The van der Waals surface area contributed by atoms with Gasteiger partial charge in [-0.05, 0) is 6.07 Å². The third kappa shape index (κ3) is 2.69. The van der Waals surface area contributed by atoms with Crippen molar-refractivity contribution < 1.29 is 4.39 Å². The minimum atomic E-state index is -0.575. The van der Waals surface area contributed by atoms with Crippen molar-refractivity contribution in [1.29, 1.82) is 0 Å². The summed E-state index contributed by atoms with van der Waals surface area (Å²) in [5.41, 5.74) is 5.48. The van der Waals surface area contributed by atoms with Crippen LogP contribution in [-0.4, -0.2) is 11.5 Å². The Kier molecular flexibility index (Phi) is 3.69. The van der Waals surface area contributed by atoms with Crippen molar-refractivity contribution in [3.63, 3.8) is 0 Å². The Hall–Kier alpha value is -1.11. The summed E-state index contributed by atoms with van der Waals surface area (Å²) >= 11 is 5.45. The molecule has 0 aliphatic rings. The average Bonchev–Trinajstić information content (AvgIpc) is 2.13. The van der Waals surface area contributed by atoms with Gasteiger partial charge in [-0.15, -0.1) is 0 Å². The lowest BCUT2D eigenvalue weighted by Gasteiger charge is -1.94. The zero-order valence-electron chi connectivity index (χ0n) is 6.85. The fourth-order valence-corrected chi connectivity index (χ4v) is 0.903. The first-order chi connectivity index (χ1) is 6.25. The van der Waals surface area contributed by atoms with E-state index < -0.39 is 5.82 Å². The van der Waals surface area contributed by atoms with Gasteiger partial charge < -0.3 is 5.73 Å². The number of pyridine rings is 1. The molecule has 1 heterocycles. The predicted octanol–water partition coefficient (Wildman–Crippen LogP) is 1.57. The highest BCUT2D eigenvalue weighted by Crippen LogP contribution is 2.13. The topological polar surface area (TPSA) is 38.9 Å². The van der Waals surface area contributed by atoms with Crippen LogP contribution in [0.4, 0.5) is 4.39 Å². The van der Waals surface area contributed by atoms with E-state index in [4.69, 9.17) is 17.3 Å². The molecule has 0 aliphatic carbocycles. The van der Waals surface area contributed by atoms with Crippen LogP contribution in [0.2, 0.25) is 5.15 Å². The summed E-state index contributed by atoms with van der Waals surface area (Å²) in [4.78, 5) is 3.57. The van der Waals surface area contributed by atoms with Gasteiger partial charge in [0.05, 0.1) is 5.56 Å². The number of hydrogen-bond donors (Lipinski definition) is 1. The van der Waals surface area contributed by atoms with Crippen molar-refractivity contribution in [2.24, 2.45) is 5.73 Å². The van der Waals surface area contributed by atoms with Crippen LogP contribution in [0, 0.1) is 17.7 Å². The average molecular weight is 199 g/mol. The molecule has 2 N–H and O–H groups in total. The van der Waals surface area contributed by atoms with Crippen LogP contribution >= 0.6 is 11.6 Å². The van der Waals surface area contributed by atoms with E-state index in [1.165, 1.54) is 12.3 Å². The van der Waals surface area contributed by atoms with Crippen LogP contribution in [0.25, 0.3) is 0 Å². The zero-order valence-corrected chi connectivity index (χ0v) is 7.61. The summed E-state index contributed by atoms with van der Waals surface area (Å²) in [6, 6.07) is 1.48. The third-order valence-electron chi connectivity index (χ3n) is 1.34. The SMILES string of the molecule is NCCC#Cc1ccnc(Cl)c1F. The van der Waals surface area contributed by atoms with Gasteiger partial charge in [-0.2, -0.15) is 0 Å². The Labute approximate surface area is 80.9 Å². The highest BCUT2D eigenvalue weighted by Gasteiger charge is 2.03. The summed E-state index contributed by atoms with van der Waals surface area (Å²) < 4.78 is 13.1. The van der Waals surface area contributed by atoms with Crippen LogP contribution in [-0.2, 0) is 0 Å². The summed E-state index contributed by atoms with van der Waals surface area (Å²) in [6.07, 6.45) is 1.96. The largest absolute Gasteiger partial charge is 0.330 e.